The zero-order valence-electron chi connectivity index (χ0n) is 11.8. The van der Waals surface area contributed by atoms with Crippen molar-refractivity contribution in [2.45, 2.75) is 13.8 Å². The van der Waals surface area contributed by atoms with E-state index in [-0.39, 0.29) is 18.1 Å². The molecule has 1 aromatic carbocycles. The molecule has 0 spiro atoms. The highest BCUT2D eigenvalue weighted by molar-refractivity contribution is 5.94. The van der Waals surface area contributed by atoms with E-state index in [1.165, 1.54) is 18.2 Å². The van der Waals surface area contributed by atoms with Gasteiger partial charge >= 0.3 is 6.03 Å². The van der Waals surface area contributed by atoms with Gasteiger partial charge in [-0.05, 0) is 26.0 Å². The van der Waals surface area contributed by atoms with E-state index in [0.717, 1.165) is 0 Å². The zero-order valence-corrected chi connectivity index (χ0v) is 11.8. The number of hydrogen-bond acceptors (Lipinski definition) is 2. The monoisotopic (exact) mass is 281 g/mol. The number of nitrogens with zero attached hydrogens (tertiary/aromatic N) is 1. The summed E-state index contributed by atoms with van der Waals surface area (Å²) in [4.78, 5) is 24.9. The number of rotatable bonds is 6. The summed E-state index contributed by atoms with van der Waals surface area (Å²) in [5, 5.41) is 5.24. The molecule has 0 bridgehead atoms. The van der Waals surface area contributed by atoms with Crippen LogP contribution in [-0.2, 0) is 0 Å². The van der Waals surface area contributed by atoms with Gasteiger partial charge in [0.1, 0.15) is 5.82 Å². The van der Waals surface area contributed by atoms with Gasteiger partial charge in [-0.2, -0.15) is 0 Å². The van der Waals surface area contributed by atoms with Gasteiger partial charge in [-0.1, -0.05) is 12.1 Å². The molecule has 110 valence electrons. The molecule has 2 N–H and O–H groups in total. The van der Waals surface area contributed by atoms with E-state index < -0.39 is 11.7 Å². The predicted molar refractivity (Wildman–Crippen MR) is 75.1 cm³/mol. The Morgan fingerprint density at radius 2 is 1.70 bits per heavy atom. The molecule has 0 saturated heterocycles. The number of hydrogen-bond donors (Lipinski definition) is 2. The molecule has 0 radical (unpaired) electrons. The lowest BCUT2D eigenvalue weighted by molar-refractivity contribution is 0.0949. The third-order valence-corrected chi connectivity index (χ3v) is 2.86. The molecule has 3 amide bonds. The van der Waals surface area contributed by atoms with Crippen molar-refractivity contribution in [1.29, 1.82) is 0 Å². The van der Waals surface area contributed by atoms with Crippen LogP contribution in [0.25, 0.3) is 0 Å². The highest BCUT2D eigenvalue weighted by Crippen LogP contribution is 2.05. The Hall–Kier alpha value is -2.11. The first-order valence-electron chi connectivity index (χ1n) is 6.65. The molecule has 5 nitrogen and oxygen atoms in total. The Labute approximate surface area is 118 Å². The van der Waals surface area contributed by atoms with E-state index in [0.29, 0.717) is 19.6 Å². The first-order chi connectivity index (χ1) is 9.60. The standard InChI is InChI=1S/C14H20FN3O2/c1-3-18(4-2)14(20)17-10-9-16-13(19)11-7-5-6-8-12(11)15/h5-8H,3-4,9-10H2,1-2H3,(H,16,19)(H,17,20). The van der Waals surface area contributed by atoms with E-state index in [1.54, 1.807) is 11.0 Å². The minimum absolute atomic E-state index is 0.00238. The van der Waals surface area contributed by atoms with Crippen molar-refractivity contribution in [3.63, 3.8) is 0 Å². The second-order valence-electron chi connectivity index (χ2n) is 4.14. The van der Waals surface area contributed by atoms with Crippen LogP contribution in [0.3, 0.4) is 0 Å². The van der Waals surface area contributed by atoms with Crippen molar-refractivity contribution in [2.75, 3.05) is 26.2 Å². The molecule has 0 fully saturated rings. The van der Waals surface area contributed by atoms with Crippen molar-refractivity contribution in [2.24, 2.45) is 0 Å². The summed E-state index contributed by atoms with van der Waals surface area (Å²) in [5.41, 5.74) is 0.00238. The van der Waals surface area contributed by atoms with Crippen LogP contribution in [0.4, 0.5) is 9.18 Å². The van der Waals surface area contributed by atoms with Crippen LogP contribution in [0.5, 0.6) is 0 Å². The van der Waals surface area contributed by atoms with Gasteiger partial charge in [0.15, 0.2) is 0 Å². The van der Waals surface area contributed by atoms with Gasteiger partial charge in [0.05, 0.1) is 5.56 Å². The second-order valence-corrected chi connectivity index (χ2v) is 4.14. The number of carbonyl (C=O) groups is 2. The first-order valence-corrected chi connectivity index (χ1v) is 6.65. The average Bonchev–Trinajstić information content (AvgIpc) is 2.45. The Bertz CT molecular complexity index is 461. The van der Waals surface area contributed by atoms with E-state index in [9.17, 15) is 14.0 Å². The van der Waals surface area contributed by atoms with E-state index in [1.807, 2.05) is 13.8 Å². The smallest absolute Gasteiger partial charge is 0.317 e. The summed E-state index contributed by atoms with van der Waals surface area (Å²) in [5.74, 6) is -1.04. The maximum absolute atomic E-state index is 13.3. The third kappa shape index (κ3) is 4.53. The van der Waals surface area contributed by atoms with Crippen LogP contribution in [0.1, 0.15) is 24.2 Å². The third-order valence-electron chi connectivity index (χ3n) is 2.86. The molecule has 6 heteroatoms. The largest absolute Gasteiger partial charge is 0.350 e. The Kier molecular flexibility index (Phi) is 6.49. The molecule has 20 heavy (non-hydrogen) atoms. The summed E-state index contributed by atoms with van der Waals surface area (Å²) in [7, 11) is 0. The summed E-state index contributed by atoms with van der Waals surface area (Å²) in [6, 6.07) is 5.60. The van der Waals surface area contributed by atoms with Crippen molar-refractivity contribution in [1.82, 2.24) is 15.5 Å². The van der Waals surface area contributed by atoms with E-state index >= 15 is 0 Å². The minimum Gasteiger partial charge on any atom is -0.350 e. The van der Waals surface area contributed by atoms with Crippen molar-refractivity contribution < 1.29 is 14.0 Å². The second kappa shape index (κ2) is 8.14. The first kappa shape index (κ1) is 15.9. The summed E-state index contributed by atoms with van der Waals surface area (Å²) < 4.78 is 13.3. The summed E-state index contributed by atoms with van der Waals surface area (Å²) >= 11 is 0. The lowest BCUT2D eigenvalue weighted by Gasteiger charge is -2.19. The molecule has 0 aromatic heterocycles. The summed E-state index contributed by atoms with van der Waals surface area (Å²) in [6.07, 6.45) is 0. The van der Waals surface area contributed by atoms with Crippen LogP contribution < -0.4 is 10.6 Å². The number of urea groups is 1. The zero-order chi connectivity index (χ0) is 15.0. The maximum atomic E-state index is 13.3. The molecule has 0 heterocycles. The predicted octanol–water partition coefficient (Wildman–Crippen LogP) is 1.61. The van der Waals surface area contributed by atoms with E-state index in [4.69, 9.17) is 0 Å². The number of carbonyl (C=O) groups excluding carboxylic acids is 2. The minimum atomic E-state index is -0.558. The van der Waals surface area contributed by atoms with Gasteiger partial charge in [0, 0.05) is 26.2 Å². The van der Waals surface area contributed by atoms with Crippen molar-refractivity contribution in [3.05, 3.63) is 35.6 Å². The topological polar surface area (TPSA) is 61.4 Å². The highest BCUT2D eigenvalue weighted by Gasteiger charge is 2.11. The lowest BCUT2D eigenvalue weighted by Crippen LogP contribution is -2.42. The molecule has 0 saturated carbocycles. The lowest BCUT2D eigenvalue weighted by atomic mass is 10.2. The average molecular weight is 281 g/mol. The number of nitrogens with one attached hydrogen (secondary N) is 2. The van der Waals surface area contributed by atoms with E-state index in [2.05, 4.69) is 10.6 Å². The van der Waals surface area contributed by atoms with Gasteiger partial charge in [0.25, 0.3) is 5.91 Å². The molecule has 1 aromatic rings. The van der Waals surface area contributed by atoms with Crippen LogP contribution in [-0.4, -0.2) is 43.0 Å². The molecular weight excluding hydrogens is 261 g/mol. The molecule has 0 aliphatic heterocycles. The summed E-state index contributed by atoms with van der Waals surface area (Å²) in [6.45, 7) is 5.59. The molecule has 0 unspecified atom stereocenters. The fraction of sp³-hybridized carbons (Fsp3) is 0.429. The van der Waals surface area contributed by atoms with Crippen molar-refractivity contribution >= 4 is 11.9 Å². The Morgan fingerprint density at radius 3 is 2.30 bits per heavy atom. The number of halogens is 1. The fourth-order valence-corrected chi connectivity index (χ4v) is 1.71. The van der Waals surface area contributed by atoms with Gasteiger partial charge in [-0.3, -0.25) is 4.79 Å². The van der Waals surface area contributed by atoms with Crippen LogP contribution in [0.15, 0.2) is 24.3 Å². The van der Waals surface area contributed by atoms with Crippen LogP contribution in [0.2, 0.25) is 0 Å². The van der Waals surface area contributed by atoms with Gasteiger partial charge < -0.3 is 15.5 Å². The van der Waals surface area contributed by atoms with Crippen LogP contribution in [0, 0.1) is 5.82 Å². The molecule has 0 aliphatic carbocycles. The molecule has 1 rings (SSSR count). The Balaban J connectivity index is 2.33. The van der Waals surface area contributed by atoms with Gasteiger partial charge in [0.2, 0.25) is 0 Å². The van der Waals surface area contributed by atoms with Crippen molar-refractivity contribution in [3.8, 4) is 0 Å². The van der Waals surface area contributed by atoms with Crippen LogP contribution >= 0.6 is 0 Å². The SMILES string of the molecule is CCN(CC)C(=O)NCCNC(=O)c1ccccc1F. The molecule has 0 aliphatic rings. The maximum Gasteiger partial charge on any atom is 0.317 e. The number of amides is 3. The number of benzene rings is 1. The fourth-order valence-electron chi connectivity index (χ4n) is 1.71. The Morgan fingerprint density at radius 1 is 1.10 bits per heavy atom. The van der Waals surface area contributed by atoms with Gasteiger partial charge in [-0.25, -0.2) is 9.18 Å². The quantitative estimate of drug-likeness (QED) is 0.778. The molecule has 0 atom stereocenters. The highest BCUT2D eigenvalue weighted by atomic mass is 19.1. The molecular formula is C14H20FN3O2. The van der Waals surface area contributed by atoms with Gasteiger partial charge in [-0.15, -0.1) is 0 Å². The normalized spacial score (nSPS) is 9.95.